The maximum absolute atomic E-state index is 5.50. The van der Waals surface area contributed by atoms with Crippen LogP contribution in [0.2, 0.25) is 0 Å². The Kier molecular flexibility index (Phi) is 6.91. The monoisotopic (exact) mass is 427 g/mol. The molecule has 2 saturated heterocycles. The van der Waals surface area contributed by atoms with E-state index in [1.165, 1.54) is 12.8 Å². The molecule has 0 saturated carbocycles. The molecular formula is C21H29N7OS. The lowest BCUT2D eigenvalue weighted by atomic mass is 10.0. The van der Waals surface area contributed by atoms with Crippen LogP contribution in [0.15, 0.2) is 30.6 Å². The van der Waals surface area contributed by atoms with Gasteiger partial charge in [-0.1, -0.05) is 13.0 Å². The van der Waals surface area contributed by atoms with Gasteiger partial charge in [-0.05, 0) is 42.6 Å². The summed E-state index contributed by atoms with van der Waals surface area (Å²) in [5.41, 5.74) is 1.06. The van der Waals surface area contributed by atoms with Crippen LogP contribution >= 0.6 is 12.2 Å². The second-order valence-corrected chi connectivity index (χ2v) is 8.28. The van der Waals surface area contributed by atoms with Crippen LogP contribution in [0.4, 0.5) is 17.6 Å². The van der Waals surface area contributed by atoms with Crippen LogP contribution in [-0.4, -0.2) is 59.5 Å². The molecule has 8 nitrogen and oxygen atoms in total. The van der Waals surface area contributed by atoms with E-state index in [0.29, 0.717) is 36.7 Å². The van der Waals surface area contributed by atoms with E-state index in [1.54, 1.807) is 6.20 Å². The largest absolute Gasteiger partial charge is 0.378 e. The maximum atomic E-state index is 5.50. The highest BCUT2D eigenvalue weighted by molar-refractivity contribution is 7.80. The van der Waals surface area contributed by atoms with E-state index >= 15 is 0 Å². The zero-order chi connectivity index (χ0) is 20.8. The average Bonchev–Trinajstić information content (AvgIpc) is 2.79. The summed E-state index contributed by atoms with van der Waals surface area (Å²) in [5, 5.41) is 6.88. The molecule has 0 bridgehead atoms. The van der Waals surface area contributed by atoms with E-state index < -0.39 is 0 Å². The second kappa shape index (κ2) is 9.99. The Morgan fingerprint density at radius 1 is 1.20 bits per heavy atom. The third-order valence-electron chi connectivity index (χ3n) is 5.42. The number of nitrogens with zero attached hydrogens (tertiary/aromatic N) is 5. The molecule has 0 spiro atoms. The van der Waals surface area contributed by atoms with Gasteiger partial charge in [-0.15, -0.1) is 0 Å². The quantitative estimate of drug-likeness (QED) is 0.700. The van der Waals surface area contributed by atoms with Gasteiger partial charge >= 0.3 is 0 Å². The zero-order valence-corrected chi connectivity index (χ0v) is 18.2. The molecule has 2 fully saturated rings. The van der Waals surface area contributed by atoms with E-state index in [-0.39, 0.29) is 0 Å². The van der Waals surface area contributed by atoms with Gasteiger partial charge in [0.25, 0.3) is 0 Å². The Morgan fingerprint density at radius 3 is 2.73 bits per heavy atom. The van der Waals surface area contributed by atoms with Crippen LogP contribution in [0.1, 0.15) is 25.3 Å². The summed E-state index contributed by atoms with van der Waals surface area (Å²) in [7, 11) is 0. The number of nitrogens with one attached hydrogen (secondary N) is 2. The zero-order valence-electron chi connectivity index (χ0n) is 17.4. The van der Waals surface area contributed by atoms with Crippen molar-refractivity contribution in [3.8, 4) is 0 Å². The number of piperidine rings is 1. The molecule has 1 atom stereocenters. The van der Waals surface area contributed by atoms with Gasteiger partial charge in [0, 0.05) is 51.2 Å². The van der Waals surface area contributed by atoms with Gasteiger partial charge in [-0.25, -0.2) is 0 Å². The summed E-state index contributed by atoms with van der Waals surface area (Å²) < 4.78 is 5.50. The van der Waals surface area contributed by atoms with Crippen molar-refractivity contribution < 1.29 is 4.74 Å². The van der Waals surface area contributed by atoms with Crippen molar-refractivity contribution in [2.75, 3.05) is 54.5 Å². The summed E-state index contributed by atoms with van der Waals surface area (Å²) in [5.74, 6) is 3.06. The summed E-state index contributed by atoms with van der Waals surface area (Å²) in [4.78, 5) is 18.3. The molecule has 1 unspecified atom stereocenters. The third kappa shape index (κ3) is 5.54. The van der Waals surface area contributed by atoms with Crippen LogP contribution in [0.5, 0.6) is 0 Å². The van der Waals surface area contributed by atoms with Gasteiger partial charge in [0.05, 0.1) is 13.2 Å². The number of aromatic nitrogens is 3. The van der Waals surface area contributed by atoms with Crippen molar-refractivity contribution in [1.29, 1.82) is 0 Å². The first-order chi connectivity index (χ1) is 14.7. The fourth-order valence-corrected chi connectivity index (χ4v) is 3.99. The molecule has 2 aromatic heterocycles. The highest BCUT2D eigenvalue weighted by Gasteiger charge is 2.21. The van der Waals surface area contributed by atoms with Crippen LogP contribution in [0.3, 0.4) is 0 Å². The van der Waals surface area contributed by atoms with Gasteiger partial charge in [-0.2, -0.15) is 9.97 Å². The number of hydrogen-bond acceptors (Lipinski definition) is 7. The fraction of sp³-hybridized carbons (Fsp3) is 0.524. The van der Waals surface area contributed by atoms with Crippen LogP contribution in [0, 0.1) is 5.92 Å². The van der Waals surface area contributed by atoms with E-state index in [0.717, 1.165) is 43.4 Å². The van der Waals surface area contributed by atoms with Crippen LogP contribution < -0.4 is 20.4 Å². The topological polar surface area (TPSA) is 78.4 Å². The molecule has 0 amide bonds. The van der Waals surface area contributed by atoms with Gasteiger partial charge in [0.1, 0.15) is 11.6 Å². The van der Waals surface area contributed by atoms with E-state index in [1.807, 2.05) is 18.3 Å². The molecule has 2 aromatic rings. The normalized spacial score (nSPS) is 19.4. The highest BCUT2D eigenvalue weighted by atomic mass is 32.1. The number of anilines is 3. The van der Waals surface area contributed by atoms with Crippen molar-refractivity contribution in [1.82, 2.24) is 20.3 Å². The fourth-order valence-electron chi connectivity index (χ4n) is 3.82. The Bertz CT molecular complexity index is 845. The molecule has 4 heterocycles. The van der Waals surface area contributed by atoms with Crippen LogP contribution in [0.25, 0.3) is 0 Å². The lowest BCUT2D eigenvalue weighted by Gasteiger charge is -2.33. The molecule has 160 valence electrons. The van der Waals surface area contributed by atoms with Gasteiger partial charge in [-0.3, -0.25) is 4.98 Å². The standard InChI is InChI=1S/C21H29N7OS/c1-16-4-3-7-28(15-16)19-12-18(27-8-10-29-11-9-27)24-20(25-19)26-21(30)23-14-17-5-2-6-22-13-17/h2,5-6,12-13,16H,3-4,7-11,14-15H2,1H3,(H2,23,24,25,26,30). The maximum Gasteiger partial charge on any atom is 0.232 e. The number of thiocarbonyl (C=S) groups is 1. The number of rotatable bonds is 5. The number of hydrogen-bond donors (Lipinski definition) is 2. The van der Waals surface area contributed by atoms with Crippen molar-refractivity contribution >= 4 is 34.9 Å². The first-order valence-electron chi connectivity index (χ1n) is 10.6. The summed E-state index contributed by atoms with van der Waals surface area (Å²) in [6.07, 6.45) is 6.03. The number of pyridine rings is 1. The Labute approximate surface area is 183 Å². The van der Waals surface area contributed by atoms with E-state index in [4.69, 9.17) is 26.9 Å². The van der Waals surface area contributed by atoms with Crippen molar-refractivity contribution in [2.24, 2.45) is 5.92 Å². The van der Waals surface area contributed by atoms with E-state index in [9.17, 15) is 0 Å². The lowest BCUT2D eigenvalue weighted by molar-refractivity contribution is 0.122. The molecule has 9 heteroatoms. The third-order valence-corrected chi connectivity index (χ3v) is 5.66. The summed E-state index contributed by atoms with van der Waals surface area (Å²) >= 11 is 5.48. The summed E-state index contributed by atoms with van der Waals surface area (Å²) in [6.45, 7) is 8.02. The molecule has 0 aromatic carbocycles. The Morgan fingerprint density at radius 2 is 2.00 bits per heavy atom. The molecule has 2 N–H and O–H groups in total. The molecule has 2 aliphatic heterocycles. The SMILES string of the molecule is CC1CCCN(c2cc(N3CCOCC3)nc(NC(=S)NCc3cccnc3)n2)C1. The molecule has 4 rings (SSSR count). The van der Waals surface area contributed by atoms with Gasteiger partial charge < -0.3 is 25.2 Å². The second-order valence-electron chi connectivity index (χ2n) is 7.87. The Balaban J connectivity index is 1.50. The minimum Gasteiger partial charge on any atom is -0.378 e. The molecular weight excluding hydrogens is 398 g/mol. The highest BCUT2D eigenvalue weighted by Crippen LogP contribution is 2.26. The van der Waals surface area contributed by atoms with Crippen molar-refractivity contribution in [2.45, 2.75) is 26.3 Å². The van der Waals surface area contributed by atoms with Crippen molar-refractivity contribution in [3.05, 3.63) is 36.2 Å². The van der Waals surface area contributed by atoms with E-state index in [2.05, 4.69) is 38.4 Å². The predicted octanol–water partition coefficient (Wildman–Crippen LogP) is 2.43. The Hall–Kier alpha value is -2.52. The van der Waals surface area contributed by atoms with Crippen molar-refractivity contribution in [3.63, 3.8) is 0 Å². The smallest absolute Gasteiger partial charge is 0.232 e. The van der Waals surface area contributed by atoms with Gasteiger partial charge in [0.15, 0.2) is 5.11 Å². The molecule has 2 aliphatic rings. The average molecular weight is 428 g/mol. The summed E-state index contributed by atoms with van der Waals surface area (Å²) in [6, 6.07) is 6.02. The molecule has 30 heavy (non-hydrogen) atoms. The minimum absolute atomic E-state index is 0.496. The minimum atomic E-state index is 0.496. The predicted molar refractivity (Wildman–Crippen MR) is 123 cm³/mol. The van der Waals surface area contributed by atoms with Crippen LogP contribution in [-0.2, 0) is 11.3 Å². The first-order valence-corrected chi connectivity index (χ1v) is 11.0. The molecule has 0 radical (unpaired) electrons. The first kappa shape index (κ1) is 20.7. The molecule has 0 aliphatic carbocycles. The number of ether oxygens (including phenoxy) is 1. The lowest BCUT2D eigenvalue weighted by Crippen LogP contribution is -2.38. The van der Waals surface area contributed by atoms with Gasteiger partial charge in [0.2, 0.25) is 5.95 Å². The number of morpholine rings is 1.